The van der Waals surface area contributed by atoms with Crippen LogP contribution in [0.3, 0.4) is 0 Å². The number of nitrogens with zero attached hydrogens (tertiary/aromatic N) is 1. The zero-order valence-corrected chi connectivity index (χ0v) is 18.2. The first-order chi connectivity index (χ1) is 15.8. The number of hydrogen-bond acceptors (Lipinski definition) is 2. The molecule has 0 spiro atoms. The third-order valence-corrected chi connectivity index (χ3v) is 6.13. The van der Waals surface area contributed by atoms with Crippen LogP contribution in [0.5, 0.6) is 0 Å². The van der Waals surface area contributed by atoms with Crippen molar-refractivity contribution >= 4 is 23.0 Å². The molecule has 0 aromatic heterocycles. The smallest absolute Gasteiger partial charge is 0.0688 e. The second-order valence-corrected chi connectivity index (χ2v) is 8.20. The van der Waals surface area contributed by atoms with E-state index in [1.807, 2.05) is 6.07 Å². The van der Waals surface area contributed by atoms with Crippen molar-refractivity contribution in [3.63, 3.8) is 0 Å². The summed E-state index contributed by atoms with van der Waals surface area (Å²) >= 11 is 0. The van der Waals surface area contributed by atoms with Crippen LogP contribution in [0.1, 0.15) is 40.2 Å². The van der Waals surface area contributed by atoms with Crippen molar-refractivity contribution in [3.8, 4) is 0 Å². The van der Waals surface area contributed by atoms with E-state index in [1.54, 1.807) is 0 Å². The molecule has 1 atom stereocenters. The summed E-state index contributed by atoms with van der Waals surface area (Å²) in [5.41, 5.74) is 13.0. The zero-order chi connectivity index (χ0) is 21.8. The van der Waals surface area contributed by atoms with Gasteiger partial charge in [-0.05, 0) is 46.4 Å². The van der Waals surface area contributed by atoms with Crippen LogP contribution in [0.4, 0.5) is 5.69 Å². The van der Waals surface area contributed by atoms with Gasteiger partial charge in [-0.1, -0.05) is 109 Å². The van der Waals surface area contributed by atoms with Gasteiger partial charge in [-0.15, -0.1) is 0 Å². The summed E-state index contributed by atoms with van der Waals surface area (Å²) in [6, 6.07) is 38.2. The lowest BCUT2D eigenvalue weighted by Crippen LogP contribution is -2.11. The van der Waals surface area contributed by atoms with Crippen LogP contribution in [0, 0.1) is 6.92 Å². The van der Waals surface area contributed by atoms with Crippen LogP contribution in [0.2, 0.25) is 0 Å². The van der Waals surface area contributed by atoms with Gasteiger partial charge >= 0.3 is 0 Å². The van der Waals surface area contributed by atoms with Crippen LogP contribution in [0.15, 0.2) is 114 Å². The molecule has 0 fully saturated rings. The van der Waals surface area contributed by atoms with Gasteiger partial charge in [0.15, 0.2) is 0 Å². The van der Waals surface area contributed by atoms with Gasteiger partial charge in [-0.2, -0.15) is 5.10 Å². The molecule has 1 unspecified atom stereocenters. The van der Waals surface area contributed by atoms with Gasteiger partial charge in [0, 0.05) is 12.3 Å². The molecule has 2 nitrogen and oxygen atoms in total. The molecule has 0 saturated heterocycles. The summed E-state index contributed by atoms with van der Waals surface area (Å²) in [5.74, 6) is 0.256. The summed E-state index contributed by atoms with van der Waals surface area (Å²) < 4.78 is 0. The molecule has 1 N–H and O–H groups in total. The van der Waals surface area contributed by atoms with Crippen molar-refractivity contribution in [1.82, 2.24) is 0 Å². The first-order valence-electron chi connectivity index (χ1n) is 11.1. The predicted molar refractivity (Wildman–Crippen MR) is 136 cm³/mol. The Kier molecular flexibility index (Phi) is 5.67. The summed E-state index contributed by atoms with van der Waals surface area (Å²) in [5, 5.41) is 4.93. The Hall–Kier alpha value is -3.91. The van der Waals surface area contributed by atoms with E-state index in [2.05, 4.69) is 122 Å². The Labute approximate surface area is 190 Å². The zero-order valence-electron chi connectivity index (χ0n) is 18.2. The van der Waals surface area contributed by atoms with E-state index in [-0.39, 0.29) is 5.92 Å². The van der Waals surface area contributed by atoms with Crippen LogP contribution < -0.4 is 5.43 Å². The number of rotatable bonds is 6. The highest BCUT2D eigenvalue weighted by atomic mass is 15.3. The van der Waals surface area contributed by atoms with Gasteiger partial charge < -0.3 is 0 Å². The Morgan fingerprint density at radius 1 is 0.750 bits per heavy atom. The van der Waals surface area contributed by atoms with Gasteiger partial charge in [0.05, 0.1) is 11.4 Å². The van der Waals surface area contributed by atoms with Crippen molar-refractivity contribution in [3.05, 3.63) is 137 Å². The quantitative estimate of drug-likeness (QED) is 0.256. The molecule has 0 aliphatic heterocycles. The molecule has 2 heteroatoms. The highest BCUT2D eigenvalue weighted by Gasteiger charge is 2.27. The summed E-state index contributed by atoms with van der Waals surface area (Å²) in [6.45, 7) is 2.10. The minimum absolute atomic E-state index is 0.256. The van der Waals surface area contributed by atoms with Crippen molar-refractivity contribution < 1.29 is 0 Å². The number of fused-ring (bicyclic) bond motifs is 1. The normalized spacial score (nSPS) is 15.2. The van der Waals surface area contributed by atoms with E-state index >= 15 is 0 Å². The molecule has 0 heterocycles. The molecular formula is C30H26N2. The second-order valence-electron chi connectivity index (χ2n) is 8.20. The molecule has 0 saturated carbocycles. The van der Waals surface area contributed by atoms with E-state index in [0.717, 1.165) is 23.4 Å². The monoisotopic (exact) mass is 414 g/mol. The largest absolute Gasteiger partial charge is 0.278 e. The number of hydrazone groups is 1. The molecule has 1 aliphatic rings. The van der Waals surface area contributed by atoms with Gasteiger partial charge in [-0.25, -0.2) is 0 Å². The SMILES string of the molecule is Cc1ccccc1NN=C(CC1C(c2ccccc2)=Cc2ccccc21)c1ccccc1. The summed E-state index contributed by atoms with van der Waals surface area (Å²) in [7, 11) is 0. The number of hydrogen-bond donors (Lipinski definition) is 1. The first-order valence-corrected chi connectivity index (χ1v) is 11.1. The predicted octanol–water partition coefficient (Wildman–Crippen LogP) is 7.54. The topological polar surface area (TPSA) is 24.4 Å². The Morgan fingerprint density at radius 3 is 2.19 bits per heavy atom. The molecule has 4 aromatic rings. The minimum atomic E-state index is 0.256. The fraction of sp³-hybridized carbons (Fsp3) is 0.100. The van der Waals surface area contributed by atoms with Gasteiger partial charge in [-0.3, -0.25) is 5.43 Å². The highest BCUT2D eigenvalue weighted by Crippen LogP contribution is 2.44. The molecule has 5 rings (SSSR count). The third kappa shape index (κ3) is 4.13. The lowest BCUT2D eigenvalue weighted by molar-refractivity contribution is 0.924. The van der Waals surface area contributed by atoms with Gasteiger partial charge in [0.1, 0.15) is 0 Å². The Balaban J connectivity index is 1.54. The van der Waals surface area contributed by atoms with Gasteiger partial charge in [0.25, 0.3) is 0 Å². The maximum Gasteiger partial charge on any atom is 0.0688 e. The lowest BCUT2D eigenvalue weighted by Gasteiger charge is -2.19. The molecule has 156 valence electrons. The fourth-order valence-corrected chi connectivity index (χ4v) is 4.41. The van der Waals surface area contributed by atoms with Crippen molar-refractivity contribution in [2.24, 2.45) is 5.10 Å². The highest BCUT2D eigenvalue weighted by molar-refractivity contribution is 6.04. The van der Waals surface area contributed by atoms with E-state index in [0.29, 0.717) is 0 Å². The second kappa shape index (κ2) is 9.07. The van der Waals surface area contributed by atoms with Crippen molar-refractivity contribution in [2.75, 3.05) is 5.43 Å². The van der Waals surface area contributed by atoms with Gasteiger partial charge in [0.2, 0.25) is 0 Å². The van der Waals surface area contributed by atoms with E-state index in [1.165, 1.54) is 27.8 Å². The van der Waals surface area contributed by atoms with E-state index in [9.17, 15) is 0 Å². The number of anilines is 1. The lowest BCUT2D eigenvalue weighted by atomic mass is 9.85. The van der Waals surface area contributed by atoms with Crippen LogP contribution in [0.25, 0.3) is 11.6 Å². The number of benzene rings is 4. The average molecular weight is 415 g/mol. The maximum absolute atomic E-state index is 4.93. The molecule has 4 aromatic carbocycles. The van der Waals surface area contributed by atoms with Crippen LogP contribution in [-0.2, 0) is 0 Å². The molecule has 0 amide bonds. The summed E-state index contributed by atoms with van der Waals surface area (Å²) in [4.78, 5) is 0. The Bertz CT molecular complexity index is 1270. The van der Waals surface area contributed by atoms with Crippen LogP contribution >= 0.6 is 0 Å². The minimum Gasteiger partial charge on any atom is -0.278 e. The van der Waals surface area contributed by atoms with Crippen LogP contribution in [-0.4, -0.2) is 5.71 Å². The van der Waals surface area contributed by atoms with Crippen molar-refractivity contribution in [1.29, 1.82) is 0 Å². The summed E-state index contributed by atoms with van der Waals surface area (Å²) in [6.07, 6.45) is 3.16. The number of aryl methyl sites for hydroxylation is 1. The number of allylic oxidation sites excluding steroid dienone is 1. The molecule has 1 aliphatic carbocycles. The first kappa shape index (κ1) is 20.0. The Morgan fingerprint density at radius 2 is 1.41 bits per heavy atom. The molecule has 32 heavy (non-hydrogen) atoms. The number of nitrogens with one attached hydrogen (secondary N) is 1. The van der Waals surface area contributed by atoms with E-state index in [4.69, 9.17) is 5.10 Å². The fourth-order valence-electron chi connectivity index (χ4n) is 4.41. The maximum atomic E-state index is 4.93. The van der Waals surface area contributed by atoms with E-state index < -0.39 is 0 Å². The number of para-hydroxylation sites is 1. The average Bonchev–Trinajstić information content (AvgIpc) is 3.22. The molecule has 0 bridgehead atoms. The van der Waals surface area contributed by atoms with Crippen molar-refractivity contribution in [2.45, 2.75) is 19.3 Å². The molecular weight excluding hydrogens is 388 g/mol. The third-order valence-electron chi connectivity index (χ3n) is 6.13. The molecule has 0 radical (unpaired) electrons. The standard InChI is InChI=1S/C30H26N2/c1-22-12-8-11-19-29(22)31-32-30(24-15-6-3-7-16-24)21-28-26-18-10-9-17-25(26)20-27(28)23-13-4-2-5-14-23/h2-20,28,31H,21H2,1H3.